The molecular weight excluding hydrogens is 386 g/mol. The zero-order valence-corrected chi connectivity index (χ0v) is 18.6. The minimum Gasteiger partial charge on any atom is -0.480 e. The van der Waals surface area contributed by atoms with E-state index in [-0.39, 0.29) is 11.4 Å². The van der Waals surface area contributed by atoms with Crippen LogP contribution in [0.25, 0.3) is 0 Å². The van der Waals surface area contributed by atoms with E-state index in [2.05, 4.69) is 6.92 Å². The number of aryl methyl sites for hydroxylation is 1. The summed E-state index contributed by atoms with van der Waals surface area (Å²) in [6.07, 6.45) is 14.1. The molecule has 1 fully saturated rings. The van der Waals surface area contributed by atoms with Crippen molar-refractivity contribution in [3.05, 3.63) is 29.8 Å². The van der Waals surface area contributed by atoms with Crippen molar-refractivity contribution >= 4 is 16.0 Å². The molecule has 1 atom stereocenters. The summed E-state index contributed by atoms with van der Waals surface area (Å²) in [5, 5.41) is 9.36. The third-order valence-electron chi connectivity index (χ3n) is 5.85. The Hall–Kier alpha value is -1.40. The van der Waals surface area contributed by atoms with Crippen molar-refractivity contribution in [3.63, 3.8) is 0 Å². The lowest BCUT2D eigenvalue weighted by Crippen LogP contribution is -2.40. The quantitative estimate of drug-likeness (QED) is 0.407. The summed E-state index contributed by atoms with van der Waals surface area (Å²) in [5.74, 6) is -1.06. The van der Waals surface area contributed by atoms with Gasteiger partial charge in [0, 0.05) is 6.54 Å². The number of benzene rings is 1. The number of carboxylic acid groups (broad SMARTS) is 1. The molecule has 1 saturated heterocycles. The molecule has 0 amide bonds. The van der Waals surface area contributed by atoms with Crippen LogP contribution >= 0.6 is 0 Å². The van der Waals surface area contributed by atoms with Gasteiger partial charge in [0.15, 0.2) is 0 Å². The number of sulfonamides is 1. The van der Waals surface area contributed by atoms with E-state index in [1.54, 1.807) is 12.1 Å². The van der Waals surface area contributed by atoms with Gasteiger partial charge in [0.1, 0.15) is 6.04 Å². The smallest absolute Gasteiger partial charge is 0.322 e. The Bertz CT molecular complexity index is 732. The fourth-order valence-electron chi connectivity index (χ4n) is 4.17. The van der Waals surface area contributed by atoms with Crippen molar-refractivity contribution in [2.24, 2.45) is 0 Å². The number of aliphatic carboxylic acids is 1. The molecule has 0 aromatic heterocycles. The predicted octanol–water partition coefficient (Wildman–Crippen LogP) is 5.39. The van der Waals surface area contributed by atoms with E-state index in [0.717, 1.165) is 24.8 Å². The van der Waals surface area contributed by atoms with Crippen molar-refractivity contribution in [1.29, 1.82) is 0 Å². The number of hydrogen-bond donors (Lipinski definition) is 1. The first-order valence-corrected chi connectivity index (χ1v) is 12.7. The molecule has 164 valence electrons. The average molecular weight is 424 g/mol. The van der Waals surface area contributed by atoms with Crippen molar-refractivity contribution in [2.75, 3.05) is 6.54 Å². The second-order valence-electron chi connectivity index (χ2n) is 8.15. The minimum absolute atomic E-state index is 0.282. The van der Waals surface area contributed by atoms with Gasteiger partial charge in [-0.3, -0.25) is 4.79 Å². The highest BCUT2D eigenvalue weighted by atomic mass is 32.2. The van der Waals surface area contributed by atoms with Gasteiger partial charge < -0.3 is 5.11 Å². The van der Waals surface area contributed by atoms with Crippen LogP contribution in [0.1, 0.15) is 89.5 Å². The summed E-state index contributed by atoms with van der Waals surface area (Å²) in [5.41, 5.74) is 0.808. The van der Waals surface area contributed by atoms with E-state index in [9.17, 15) is 18.3 Å². The number of unbranched alkanes of at least 4 members (excludes halogenated alkanes) is 9. The first-order valence-electron chi connectivity index (χ1n) is 11.3. The first kappa shape index (κ1) is 23.9. The Kier molecular flexibility index (Phi) is 10.2. The highest BCUT2D eigenvalue weighted by Gasteiger charge is 2.40. The van der Waals surface area contributed by atoms with Crippen LogP contribution in [0, 0.1) is 0 Å². The molecule has 1 aliphatic heterocycles. The number of nitrogens with zero attached hydrogens (tertiary/aromatic N) is 1. The van der Waals surface area contributed by atoms with Crippen LogP contribution in [-0.2, 0) is 21.2 Å². The van der Waals surface area contributed by atoms with Crippen molar-refractivity contribution in [2.45, 2.75) is 101 Å². The minimum atomic E-state index is -3.77. The van der Waals surface area contributed by atoms with E-state index in [0.29, 0.717) is 12.8 Å². The van der Waals surface area contributed by atoms with Crippen LogP contribution < -0.4 is 0 Å². The third kappa shape index (κ3) is 7.10. The molecule has 2 rings (SSSR count). The number of rotatable bonds is 14. The predicted molar refractivity (Wildman–Crippen MR) is 117 cm³/mol. The lowest BCUT2D eigenvalue weighted by molar-refractivity contribution is -0.140. The van der Waals surface area contributed by atoms with Crippen LogP contribution in [0.4, 0.5) is 0 Å². The van der Waals surface area contributed by atoms with Gasteiger partial charge in [-0.15, -0.1) is 0 Å². The van der Waals surface area contributed by atoms with Crippen molar-refractivity contribution < 1.29 is 18.3 Å². The second kappa shape index (κ2) is 12.3. The summed E-state index contributed by atoms with van der Waals surface area (Å²) in [7, 11) is -3.77. The van der Waals surface area contributed by atoms with Gasteiger partial charge >= 0.3 is 5.97 Å². The zero-order chi connectivity index (χ0) is 21.1. The lowest BCUT2D eigenvalue weighted by atomic mass is 10.0. The van der Waals surface area contributed by atoms with Crippen LogP contribution in [0.2, 0.25) is 0 Å². The Morgan fingerprint density at radius 2 is 1.59 bits per heavy atom. The molecule has 0 saturated carbocycles. The summed E-state index contributed by atoms with van der Waals surface area (Å²) >= 11 is 0. The van der Waals surface area contributed by atoms with Gasteiger partial charge in [0.05, 0.1) is 4.90 Å². The Morgan fingerprint density at radius 3 is 2.21 bits per heavy atom. The zero-order valence-electron chi connectivity index (χ0n) is 17.8. The van der Waals surface area contributed by atoms with Gasteiger partial charge in [-0.2, -0.15) is 4.31 Å². The average Bonchev–Trinajstić information content (AvgIpc) is 3.21. The molecule has 0 bridgehead atoms. The first-order chi connectivity index (χ1) is 14.0. The summed E-state index contributed by atoms with van der Waals surface area (Å²) in [4.78, 5) is 11.7. The molecule has 1 aromatic rings. The summed E-state index contributed by atoms with van der Waals surface area (Å²) < 4.78 is 27.4. The molecule has 1 heterocycles. The van der Waals surface area contributed by atoms with Gasteiger partial charge in [-0.25, -0.2) is 8.42 Å². The van der Waals surface area contributed by atoms with E-state index in [4.69, 9.17) is 0 Å². The van der Waals surface area contributed by atoms with Crippen molar-refractivity contribution in [1.82, 2.24) is 4.31 Å². The molecular formula is C23H37NO4S. The molecule has 0 aliphatic carbocycles. The fraction of sp³-hybridized carbons (Fsp3) is 0.696. The second-order valence-corrected chi connectivity index (χ2v) is 10.0. The van der Waals surface area contributed by atoms with Gasteiger partial charge in [0.25, 0.3) is 0 Å². The molecule has 29 heavy (non-hydrogen) atoms. The van der Waals surface area contributed by atoms with E-state index in [1.165, 1.54) is 55.7 Å². The van der Waals surface area contributed by atoms with Crippen LogP contribution in [0.5, 0.6) is 0 Å². The fourth-order valence-corrected chi connectivity index (χ4v) is 6.07. The summed E-state index contributed by atoms with van der Waals surface area (Å²) in [6, 6.07) is 6.14. The molecule has 0 spiro atoms. The maximum atomic E-state index is 13.1. The van der Waals surface area contributed by atoms with Crippen LogP contribution in [0.15, 0.2) is 29.2 Å². The van der Waals surface area contributed by atoms with Gasteiger partial charge in [-0.05, 0) is 37.3 Å². The largest absolute Gasteiger partial charge is 0.480 e. The molecule has 0 unspecified atom stereocenters. The molecule has 1 aliphatic rings. The SMILES string of the molecule is CCCCCCCCCCCCc1ccccc1S(=O)(=O)N1CCC[C@H]1C(=O)O. The molecule has 1 aromatic carbocycles. The van der Waals surface area contributed by atoms with E-state index in [1.807, 2.05) is 12.1 Å². The Labute approximate surface area is 176 Å². The maximum absolute atomic E-state index is 13.1. The Balaban J connectivity index is 1.84. The van der Waals surface area contributed by atoms with Crippen molar-refractivity contribution in [3.8, 4) is 0 Å². The Morgan fingerprint density at radius 1 is 1.00 bits per heavy atom. The van der Waals surface area contributed by atoms with Gasteiger partial charge in [0.2, 0.25) is 10.0 Å². The number of hydrogen-bond acceptors (Lipinski definition) is 3. The van der Waals surface area contributed by atoms with E-state index >= 15 is 0 Å². The third-order valence-corrected chi connectivity index (χ3v) is 7.86. The summed E-state index contributed by atoms with van der Waals surface area (Å²) in [6.45, 7) is 2.52. The number of carbonyl (C=O) groups is 1. The monoisotopic (exact) mass is 423 g/mol. The molecule has 0 radical (unpaired) electrons. The number of carboxylic acids is 1. The normalized spacial score (nSPS) is 17.6. The standard InChI is InChI=1S/C23H37NO4S/c1-2-3-4-5-6-7-8-9-10-11-15-20-16-12-13-18-22(20)29(27,28)24-19-14-17-21(24)23(25)26/h12-13,16,18,21H,2-11,14-15,17,19H2,1H3,(H,25,26)/t21-/m0/s1. The maximum Gasteiger partial charge on any atom is 0.322 e. The van der Waals surface area contributed by atoms with Gasteiger partial charge in [-0.1, -0.05) is 82.9 Å². The highest BCUT2D eigenvalue weighted by molar-refractivity contribution is 7.89. The molecule has 6 heteroatoms. The molecule has 5 nitrogen and oxygen atoms in total. The lowest BCUT2D eigenvalue weighted by Gasteiger charge is -2.22. The topological polar surface area (TPSA) is 74.7 Å². The highest BCUT2D eigenvalue weighted by Crippen LogP contribution is 2.29. The van der Waals surface area contributed by atoms with E-state index < -0.39 is 22.0 Å². The van der Waals surface area contributed by atoms with Crippen LogP contribution in [-0.4, -0.2) is 36.4 Å². The van der Waals surface area contributed by atoms with Crippen LogP contribution in [0.3, 0.4) is 0 Å². The molecule has 1 N–H and O–H groups in total.